The number of furan rings is 1. The molecule has 0 aliphatic rings. The van der Waals surface area contributed by atoms with E-state index >= 15 is 0 Å². The van der Waals surface area contributed by atoms with Crippen LogP contribution in [0.15, 0.2) is 76.8 Å². The van der Waals surface area contributed by atoms with Crippen LogP contribution in [-0.2, 0) is 4.79 Å². The lowest BCUT2D eigenvalue weighted by Gasteiger charge is -2.05. The van der Waals surface area contributed by atoms with Crippen molar-refractivity contribution in [1.29, 1.82) is 0 Å². The zero-order valence-electron chi connectivity index (χ0n) is 13.5. The van der Waals surface area contributed by atoms with Gasteiger partial charge in [-0.25, -0.2) is 9.18 Å². The van der Waals surface area contributed by atoms with Gasteiger partial charge in [-0.3, -0.25) is 4.79 Å². The maximum Gasteiger partial charge on any atom is 0.352 e. The summed E-state index contributed by atoms with van der Waals surface area (Å²) in [6, 6.07) is 17.2. The smallest absolute Gasteiger partial charge is 0.352 e. The van der Waals surface area contributed by atoms with E-state index in [1.54, 1.807) is 48.5 Å². The van der Waals surface area contributed by atoms with Gasteiger partial charge in [-0.05, 0) is 36.4 Å². The van der Waals surface area contributed by atoms with Crippen LogP contribution in [-0.4, -0.2) is 17.0 Å². The average molecular weight is 351 g/mol. The number of carbonyl (C=O) groups is 2. The van der Waals surface area contributed by atoms with Gasteiger partial charge in [0.05, 0.1) is 0 Å². The molecule has 5 nitrogen and oxygen atoms in total. The Morgan fingerprint density at radius 1 is 1.00 bits per heavy atom. The summed E-state index contributed by atoms with van der Waals surface area (Å²) in [4.78, 5) is 23.5. The molecule has 130 valence electrons. The molecule has 1 heterocycles. The van der Waals surface area contributed by atoms with Gasteiger partial charge in [-0.2, -0.15) is 0 Å². The number of aliphatic carboxylic acids is 1. The number of carboxylic acid groups (broad SMARTS) is 1. The lowest BCUT2D eigenvalue weighted by Crippen LogP contribution is -2.27. The first-order valence-corrected chi connectivity index (χ1v) is 7.70. The Kier molecular flexibility index (Phi) is 4.94. The van der Waals surface area contributed by atoms with Crippen molar-refractivity contribution in [2.24, 2.45) is 0 Å². The number of hydrogen-bond donors (Lipinski definition) is 2. The van der Waals surface area contributed by atoms with Crippen LogP contribution in [0.25, 0.3) is 17.4 Å². The molecule has 0 spiro atoms. The molecule has 26 heavy (non-hydrogen) atoms. The third-order valence-corrected chi connectivity index (χ3v) is 3.54. The first kappa shape index (κ1) is 17.2. The second kappa shape index (κ2) is 7.48. The summed E-state index contributed by atoms with van der Waals surface area (Å²) in [6.07, 6.45) is 1.20. The molecule has 0 saturated carbocycles. The Balaban J connectivity index is 1.84. The fraction of sp³-hybridized carbons (Fsp3) is 0. The minimum Gasteiger partial charge on any atom is -0.477 e. The molecule has 1 amide bonds. The van der Waals surface area contributed by atoms with Gasteiger partial charge in [0.1, 0.15) is 23.0 Å². The second-order valence-electron chi connectivity index (χ2n) is 5.40. The second-order valence-corrected chi connectivity index (χ2v) is 5.40. The summed E-state index contributed by atoms with van der Waals surface area (Å²) in [7, 11) is 0. The molecule has 0 unspecified atom stereocenters. The first-order chi connectivity index (χ1) is 12.5. The first-order valence-electron chi connectivity index (χ1n) is 7.70. The Labute approximate surface area is 148 Å². The largest absolute Gasteiger partial charge is 0.477 e. The van der Waals surface area contributed by atoms with Gasteiger partial charge in [0.2, 0.25) is 0 Å². The molecule has 2 N–H and O–H groups in total. The highest BCUT2D eigenvalue weighted by molar-refractivity contribution is 6.02. The Morgan fingerprint density at radius 2 is 1.77 bits per heavy atom. The highest BCUT2D eigenvalue weighted by atomic mass is 19.1. The van der Waals surface area contributed by atoms with Crippen LogP contribution in [0, 0.1) is 5.82 Å². The van der Waals surface area contributed by atoms with Crippen LogP contribution in [0.1, 0.15) is 16.1 Å². The minimum absolute atomic E-state index is 0.218. The predicted molar refractivity (Wildman–Crippen MR) is 93.6 cm³/mol. The Hall–Kier alpha value is -3.67. The number of halogens is 1. The number of amides is 1. The van der Waals surface area contributed by atoms with Crippen molar-refractivity contribution < 1.29 is 23.5 Å². The van der Waals surface area contributed by atoms with Crippen LogP contribution in [0.2, 0.25) is 0 Å². The molecule has 3 aromatic rings. The van der Waals surface area contributed by atoms with Crippen molar-refractivity contribution in [3.63, 3.8) is 0 Å². The van der Waals surface area contributed by atoms with Gasteiger partial charge >= 0.3 is 5.97 Å². The lowest BCUT2D eigenvalue weighted by atomic mass is 10.2. The predicted octanol–water partition coefficient (Wildman–Crippen LogP) is 3.94. The number of hydrogen-bond acceptors (Lipinski definition) is 3. The molecule has 2 aromatic carbocycles. The summed E-state index contributed by atoms with van der Waals surface area (Å²) >= 11 is 0. The van der Waals surface area contributed by atoms with Crippen molar-refractivity contribution in [2.45, 2.75) is 0 Å². The molecule has 0 radical (unpaired) electrons. The fourth-order valence-corrected chi connectivity index (χ4v) is 2.30. The summed E-state index contributed by atoms with van der Waals surface area (Å²) in [6.45, 7) is 0. The molecule has 6 heteroatoms. The van der Waals surface area contributed by atoms with Crippen molar-refractivity contribution in [1.82, 2.24) is 5.32 Å². The third kappa shape index (κ3) is 4.05. The van der Waals surface area contributed by atoms with E-state index in [9.17, 15) is 19.1 Å². The van der Waals surface area contributed by atoms with E-state index < -0.39 is 17.7 Å². The molecule has 0 bridgehead atoms. The molecule has 0 atom stereocenters. The van der Waals surface area contributed by atoms with Crippen LogP contribution < -0.4 is 5.32 Å². The van der Waals surface area contributed by atoms with Crippen molar-refractivity contribution >= 4 is 18.0 Å². The highest BCUT2D eigenvalue weighted by Gasteiger charge is 2.14. The van der Waals surface area contributed by atoms with Crippen molar-refractivity contribution in [2.75, 3.05) is 0 Å². The zero-order valence-corrected chi connectivity index (χ0v) is 13.5. The molecule has 0 fully saturated rings. The van der Waals surface area contributed by atoms with Gasteiger partial charge in [0, 0.05) is 17.2 Å². The molecule has 0 aliphatic carbocycles. The SMILES string of the molecule is O=C(O)/C(=C/c1ccc(-c2cccc(F)c2)o1)NC(=O)c1ccccc1. The normalized spacial score (nSPS) is 11.2. The number of rotatable bonds is 5. The summed E-state index contributed by atoms with van der Waals surface area (Å²) in [5.41, 5.74) is 0.522. The maximum atomic E-state index is 13.3. The van der Waals surface area contributed by atoms with E-state index in [0.717, 1.165) is 0 Å². The number of nitrogens with one attached hydrogen (secondary N) is 1. The summed E-state index contributed by atoms with van der Waals surface area (Å²) in [5, 5.41) is 11.7. The van der Waals surface area contributed by atoms with Gasteiger partial charge in [-0.15, -0.1) is 0 Å². The van der Waals surface area contributed by atoms with Crippen LogP contribution in [0.3, 0.4) is 0 Å². The Morgan fingerprint density at radius 3 is 2.46 bits per heavy atom. The molecular formula is C20H14FNO4. The van der Waals surface area contributed by atoms with Gasteiger partial charge in [0.25, 0.3) is 5.91 Å². The van der Waals surface area contributed by atoms with Crippen molar-refractivity contribution in [3.05, 3.63) is 89.6 Å². The minimum atomic E-state index is -1.31. The Bertz CT molecular complexity index is 976. The fourth-order valence-electron chi connectivity index (χ4n) is 2.30. The topological polar surface area (TPSA) is 79.5 Å². The quantitative estimate of drug-likeness (QED) is 0.683. The van der Waals surface area contributed by atoms with Crippen LogP contribution >= 0.6 is 0 Å². The van der Waals surface area contributed by atoms with Crippen molar-refractivity contribution in [3.8, 4) is 11.3 Å². The monoisotopic (exact) mass is 351 g/mol. The average Bonchev–Trinajstić information content (AvgIpc) is 3.10. The molecule has 3 rings (SSSR count). The molecule has 0 aliphatic heterocycles. The summed E-state index contributed by atoms with van der Waals surface area (Å²) < 4.78 is 18.8. The molecular weight excluding hydrogens is 337 g/mol. The van der Waals surface area contributed by atoms with Crippen LogP contribution in [0.4, 0.5) is 4.39 Å². The number of carboxylic acids is 1. The van der Waals surface area contributed by atoms with E-state index in [2.05, 4.69) is 5.32 Å². The zero-order chi connectivity index (χ0) is 18.5. The summed E-state index contributed by atoms with van der Waals surface area (Å²) in [5.74, 6) is -1.66. The maximum absolute atomic E-state index is 13.3. The third-order valence-electron chi connectivity index (χ3n) is 3.54. The van der Waals surface area contributed by atoms with E-state index in [-0.39, 0.29) is 11.5 Å². The van der Waals surface area contributed by atoms with Gasteiger partial charge in [-0.1, -0.05) is 30.3 Å². The van der Waals surface area contributed by atoms with E-state index in [1.165, 1.54) is 24.3 Å². The molecule has 1 aromatic heterocycles. The van der Waals surface area contributed by atoms with Crippen LogP contribution in [0.5, 0.6) is 0 Å². The van der Waals surface area contributed by atoms with Gasteiger partial charge in [0.15, 0.2) is 0 Å². The lowest BCUT2D eigenvalue weighted by molar-refractivity contribution is -0.132. The van der Waals surface area contributed by atoms with E-state index in [4.69, 9.17) is 4.42 Å². The number of carbonyl (C=O) groups excluding carboxylic acids is 1. The molecule has 0 saturated heterocycles. The standard InChI is InChI=1S/C20H14FNO4/c21-15-8-4-7-14(11-15)18-10-9-16(26-18)12-17(20(24)25)22-19(23)13-5-2-1-3-6-13/h1-12H,(H,22,23)(H,24,25)/b17-12-. The number of benzene rings is 2. The highest BCUT2D eigenvalue weighted by Crippen LogP contribution is 2.23. The van der Waals surface area contributed by atoms with E-state index in [0.29, 0.717) is 16.9 Å². The van der Waals surface area contributed by atoms with Gasteiger partial charge < -0.3 is 14.8 Å². The van der Waals surface area contributed by atoms with E-state index in [1.807, 2.05) is 0 Å².